The molecule has 1 heterocycles. The lowest BCUT2D eigenvalue weighted by atomic mass is 9.93. The Balaban J connectivity index is 1.70. The first kappa shape index (κ1) is 20.2. The van der Waals surface area contributed by atoms with Gasteiger partial charge in [0.25, 0.3) is 5.91 Å². The fourth-order valence-electron chi connectivity index (χ4n) is 3.70. The molecule has 1 aromatic heterocycles. The molecule has 27 heavy (non-hydrogen) atoms. The minimum atomic E-state index is -0.125. The maximum Gasteiger partial charge on any atom is 0.286 e. The highest BCUT2D eigenvalue weighted by molar-refractivity contribution is 9.10. The largest absolute Gasteiger partial charge is 0.455 e. The smallest absolute Gasteiger partial charge is 0.286 e. The molecule has 0 aliphatic heterocycles. The van der Waals surface area contributed by atoms with Crippen LogP contribution in [0.15, 0.2) is 45.3 Å². The van der Waals surface area contributed by atoms with E-state index in [0.29, 0.717) is 18.3 Å². The number of benzene rings is 1. The van der Waals surface area contributed by atoms with Crippen molar-refractivity contribution in [2.24, 2.45) is 0 Å². The number of hydrogen-bond donors (Lipinski definition) is 1. The van der Waals surface area contributed by atoms with Crippen LogP contribution in [0.5, 0.6) is 0 Å². The molecule has 3 rings (SSSR count). The minimum Gasteiger partial charge on any atom is -0.455 e. The summed E-state index contributed by atoms with van der Waals surface area (Å²) in [6.45, 7) is 4.35. The van der Waals surface area contributed by atoms with Crippen LogP contribution in [0.4, 0.5) is 0 Å². The van der Waals surface area contributed by atoms with Crippen molar-refractivity contribution in [1.29, 1.82) is 0 Å². The minimum absolute atomic E-state index is 0.125. The highest BCUT2D eigenvalue weighted by Crippen LogP contribution is 2.26. The van der Waals surface area contributed by atoms with Crippen molar-refractivity contribution < 1.29 is 9.21 Å². The molecule has 2 aromatic rings. The molecule has 1 aliphatic rings. The molecule has 0 spiro atoms. The molecule has 1 fully saturated rings. The fraction of sp³-hybridized carbons (Fsp3) is 0.500. The molecule has 0 saturated heterocycles. The lowest BCUT2D eigenvalue weighted by molar-refractivity contribution is 0.0916. The van der Waals surface area contributed by atoms with Gasteiger partial charge in [0, 0.05) is 23.6 Å². The molecule has 0 bridgehead atoms. The van der Waals surface area contributed by atoms with Crippen molar-refractivity contribution in [2.45, 2.75) is 64.6 Å². The lowest BCUT2D eigenvalue weighted by Gasteiger charge is -2.34. The number of rotatable bonds is 8. The summed E-state index contributed by atoms with van der Waals surface area (Å²) in [6.07, 6.45) is 7.32. The summed E-state index contributed by atoms with van der Waals surface area (Å²) >= 11 is 3.51. The molecular weight excluding hydrogens is 404 g/mol. The molecule has 1 saturated carbocycles. The summed E-state index contributed by atoms with van der Waals surface area (Å²) in [5.41, 5.74) is 1.30. The predicted molar refractivity (Wildman–Crippen MR) is 112 cm³/mol. The second-order valence-corrected chi connectivity index (χ2v) is 8.26. The van der Waals surface area contributed by atoms with E-state index in [2.05, 4.69) is 50.4 Å². The van der Waals surface area contributed by atoms with E-state index in [1.165, 1.54) is 37.7 Å². The molecular formula is C22H29BrN2O2. The average molecular weight is 433 g/mol. The van der Waals surface area contributed by atoms with E-state index in [-0.39, 0.29) is 5.91 Å². The predicted octanol–water partition coefficient (Wildman–Crippen LogP) is 5.52. The Hall–Kier alpha value is -1.59. The molecule has 5 heteroatoms. The van der Waals surface area contributed by atoms with Crippen molar-refractivity contribution in [3.8, 4) is 0 Å². The Kier molecular flexibility index (Phi) is 7.53. The van der Waals surface area contributed by atoms with Gasteiger partial charge in [-0.05, 0) is 49.1 Å². The second kappa shape index (κ2) is 10.1. The van der Waals surface area contributed by atoms with Crippen molar-refractivity contribution in [3.63, 3.8) is 0 Å². The lowest BCUT2D eigenvalue weighted by Crippen LogP contribution is -2.35. The molecule has 0 radical (unpaired) electrons. The Morgan fingerprint density at radius 1 is 1.11 bits per heavy atom. The first-order valence-electron chi connectivity index (χ1n) is 10.0. The summed E-state index contributed by atoms with van der Waals surface area (Å²) in [4.78, 5) is 14.6. The summed E-state index contributed by atoms with van der Waals surface area (Å²) in [5, 5.41) is 2.87. The number of carbonyl (C=O) groups excluding carboxylic acids is 1. The Morgan fingerprint density at radius 3 is 2.56 bits per heavy atom. The highest BCUT2D eigenvalue weighted by Gasteiger charge is 2.23. The molecule has 0 atom stereocenters. The number of halogens is 1. The van der Waals surface area contributed by atoms with E-state index in [0.717, 1.165) is 29.7 Å². The number of nitrogens with one attached hydrogen (secondary N) is 1. The Bertz CT molecular complexity index is 720. The second-order valence-electron chi connectivity index (χ2n) is 7.35. The zero-order chi connectivity index (χ0) is 19.1. The van der Waals surface area contributed by atoms with Gasteiger partial charge < -0.3 is 9.73 Å². The Morgan fingerprint density at radius 2 is 1.85 bits per heavy atom. The molecule has 1 aromatic carbocycles. The van der Waals surface area contributed by atoms with Gasteiger partial charge in [0.05, 0.1) is 6.54 Å². The van der Waals surface area contributed by atoms with Crippen LogP contribution < -0.4 is 5.32 Å². The van der Waals surface area contributed by atoms with Crippen LogP contribution in [0, 0.1) is 0 Å². The van der Waals surface area contributed by atoms with E-state index >= 15 is 0 Å². The maximum absolute atomic E-state index is 12.1. The van der Waals surface area contributed by atoms with Gasteiger partial charge in [0.2, 0.25) is 0 Å². The van der Waals surface area contributed by atoms with Crippen molar-refractivity contribution in [3.05, 3.63) is 58.0 Å². The van der Waals surface area contributed by atoms with Crippen LogP contribution in [0.3, 0.4) is 0 Å². The van der Waals surface area contributed by atoms with E-state index in [4.69, 9.17) is 4.42 Å². The van der Waals surface area contributed by atoms with Crippen molar-refractivity contribution in [2.75, 3.05) is 6.54 Å². The Labute approximate surface area is 170 Å². The van der Waals surface area contributed by atoms with Crippen LogP contribution in [0.1, 0.15) is 67.3 Å². The SMILES string of the molecule is CCCNC(=O)c1ccc(CN(Cc2ccc(Br)cc2)C2CCCCC2)o1. The first-order chi connectivity index (χ1) is 13.2. The average Bonchev–Trinajstić information content (AvgIpc) is 3.16. The van der Waals surface area contributed by atoms with Gasteiger partial charge in [-0.1, -0.05) is 54.2 Å². The van der Waals surface area contributed by atoms with Crippen LogP contribution in [0.25, 0.3) is 0 Å². The number of nitrogens with zero attached hydrogens (tertiary/aromatic N) is 1. The third-order valence-corrected chi connectivity index (χ3v) is 5.70. The molecule has 146 valence electrons. The van der Waals surface area contributed by atoms with E-state index in [9.17, 15) is 4.79 Å². The molecule has 0 unspecified atom stereocenters. The van der Waals surface area contributed by atoms with Gasteiger partial charge in [-0.15, -0.1) is 0 Å². The summed E-state index contributed by atoms with van der Waals surface area (Å²) < 4.78 is 6.96. The van der Waals surface area contributed by atoms with Crippen LogP contribution in [-0.4, -0.2) is 23.4 Å². The zero-order valence-electron chi connectivity index (χ0n) is 16.0. The third kappa shape index (κ3) is 5.94. The van der Waals surface area contributed by atoms with Crippen LogP contribution in [0.2, 0.25) is 0 Å². The van der Waals surface area contributed by atoms with Crippen LogP contribution in [-0.2, 0) is 13.1 Å². The first-order valence-corrected chi connectivity index (χ1v) is 10.8. The standard InChI is InChI=1S/C22H29BrN2O2/c1-2-14-24-22(26)21-13-12-20(27-21)16-25(19-6-4-3-5-7-19)15-17-8-10-18(23)11-9-17/h8-13,19H,2-7,14-16H2,1H3,(H,24,26). The molecule has 4 nitrogen and oxygen atoms in total. The van der Waals surface area contributed by atoms with Gasteiger partial charge in [-0.2, -0.15) is 0 Å². The highest BCUT2D eigenvalue weighted by atomic mass is 79.9. The van der Waals surface area contributed by atoms with Gasteiger partial charge in [0.1, 0.15) is 5.76 Å². The third-order valence-electron chi connectivity index (χ3n) is 5.17. The van der Waals surface area contributed by atoms with Gasteiger partial charge in [-0.3, -0.25) is 9.69 Å². The normalized spacial score (nSPS) is 15.2. The number of carbonyl (C=O) groups is 1. The maximum atomic E-state index is 12.1. The van der Waals surface area contributed by atoms with E-state index in [1.54, 1.807) is 6.07 Å². The topological polar surface area (TPSA) is 45.5 Å². The van der Waals surface area contributed by atoms with Gasteiger partial charge >= 0.3 is 0 Å². The van der Waals surface area contributed by atoms with E-state index < -0.39 is 0 Å². The van der Waals surface area contributed by atoms with E-state index in [1.807, 2.05) is 13.0 Å². The zero-order valence-corrected chi connectivity index (χ0v) is 17.6. The molecule has 1 amide bonds. The number of amides is 1. The van der Waals surface area contributed by atoms with Crippen molar-refractivity contribution >= 4 is 21.8 Å². The monoisotopic (exact) mass is 432 g/mol. The fourth-order valence-corrected chi connectivity index (χ4v) is 3.96. The quantitative estimate of drug-likeness (QED) is 0.597. The van der Waals surface area contributed by atoms with Crippen molar-refractivity contribution in [1.82, 2.24) is 10.2 Å². The van der Waals surface area contributed by atoms with Gasteiger partial charge in [0.15, 0.2) is 5.76 Å². The molecule has 1 N–H and O–H groups in total. The van der Waals surface area contributed by atoms with Crippen LogP contribution >= 0.6 is 15.9 Å². The number of hydrogen-bond acceptors (Lipinski definition) is 3. The summed E-state index contributed by atoms with van der Waals surface area (Å²) in [6, 6.07) is 12.8. The molecule has 1 aliphatic carbocycles. The van der Waals surface area contributed by atoms with Gasteiger partial charge in [-0.25, -0.2) is 0 Å². The summed E-state index contributed by atoms with van der Waals surface area (Å²) in [5.74, 6) is 1.14. The summed E-state index contributed by atoms with van der Waals surface area (Å²) in [7, 11) is 0. The number of furan rings is 1.